The van der Waals surface area contributed by atoms with Crippen LogP contribution in [0.2, 0.25) is 0 Å². The average molecular weight is 519 g/mol. The molecule has 0 spiro atoms. The van der Waals surface area contributed by atoms with Gasteiger partial charge in [-0.3, -0.25) is 0 Å². The van der Waals surface area contributed by atoms with Crippen LogP contribution in [0.25, 0.3) is 0 Å². The Bertz CT molecular complexity index is 460. The first-order chi connectivity index (χ1) is 10.2. The zero-order valence-electron chi connectivity index (χ0n) is 13.8. The first kappa shape index (κ1) is 22.6. The smallest absolute Gasteiger partial charge is 1.00 e. The Morgan fingerprint density at radius 2 is 1.09 bits per heavy atom. The Kier molecular flexibility index (Phi) is 12.7. The quantitative estimate of drug-likeness (QED) is 0.492. The molecule has 0 amide bonds. The molecule has 0 heterocycles. The summed E-state index contributed by atoms with van der Waals surface area (Å²) in [5.74, 6) is 0. The fraction of sp³-hybridized carbons (Fsp3) is 0.316. The molecule has 2 aromatic rings. The molecule has 0 fully saturated rings. The van der Waals surface area contributed by atoms with Crippen molar-refractivity contribution in [3.63, 3.8) is 0 Å². The van der Waals surface area contributed by atoms with Gasteiger partial charge in [0, 0.05) is 6.42 Å². The summed E-state index contributed by atoms with van der Waals surface area (Å²) in [7, 11) is 0. The molecule has 23 heavy (non-hydrogen) atoms. The van der Waals surface area contributed by atoms with Crippen LogP contribution >= 0.6 is 0 Å². The molecule has 0 unspecified atom stereocenters. The van der Waals surface area contributed by atoms with Gasteiger partial charge in [0.05, 0.1) is 25.4 Å². The molecule has 0 bridgehead atoms. The van der Waals surface area contributed by atoms with Crippen molar-refractivity contribution in [1.29, 1.82) is 0 Å². The van der Waals surface area contributed by atoms with Crippen molar-refractivity contribution >= 4 is 0 Å². The predicted molar refractivity (Wildman–Crippen MR) is 85.7 cm³/mol. The Morgan fingerprint density at radius 1 is 0.739 bits per heavy atom. The van der Waals surface area contributed by atoms with Crippen molar-refractivity contribution in [2.75, 3.05) is 0 Å². The van der Waals surface area contributed by atoms with Gasteiger partial charge in [-0.1, -0.05) is 60.7 Å². The maximum atomic E-state index is 5.82. The van der Waals surface area contributed by atoms with E-state index in [1.54, 1.807) is 0 Å². The van der Waals surface area contributed by atoms with Crippen molar-refractivity contribution in [3.8, 4) is 0 Å². The molecular formula is C19H23ClHgO2. The van der Waals surface area contributed by atoms with Crippen molar-refractivity contribution in [1.82, 2.24) is 0 Å². The van der Waals surface area contributed by atoms with Crippen LogP contribution in [0.3, 0.4) is 0 Å². The largest absolute Gasteiger partial charge is 1.00 e. The standard InChI is InChI=1S/C19H23O2.ClH.Hg/c1-16(20-14-18-9-5-3-6-10-18)13-17(2)21-15-19-11-7-4-8-12-19;;/h3-13,16-17H,14-15H2,1-2H3;1H;/q;;+1/p-1/t16-,17-;;/m0../s1. The van der Waals surface area contributed by atoms with Gasteiger partial charge in [0.15, 0.2) is 0 Å². The number of hydrogen-bond donors (Lipinski definition) is 0. The molecule has 0 aromatic heterocycles. The second-order valence-corrected chi connectivity index (χ2v) is 5.20. The van der Waals surface area contributed by atoms with Gasteiger partial charge in [0.25, 0.3) is 0 Å². The second-order valence-electron chi connectivity index (χ2n) is 5.20. The Labute approximate surface area is 166 Å². The van der Waals surface area contributed by atoms with E-state index in [9.17, 15) is 0 Å². The van der Waals surface area contributed by atoms with E-state index in [2.05, 4.69) is 30.7 Å². The number of ether oxygens (including phenoxy) is 2. The van der Waals surface area contributed by atoms with Gasteiger partial charge in [0.1, 0.15) is 0 Å². The third-order valence-corrected chi connectivity index (χ3v) is 3.25. The van der Waals surface area contributed by atoms with Crippen LogP contribution in [0.15, 0.2) is 60.7 Å². The van der Waals surface area contributed by atoms with E-state index in [-0.39, 0.29) is 52.3 Å². The van der Waals surface area contributed by atoms with E-state index in [1.165, 1.54) is 11.1 Å². The predicted octanol–water partition coefficient (Wildman–Crippen LogP) is 1.40. The maximum Gasteiger partial charge on any atom is 1.00 e. The van der Waals surface area contributed by atoms with E-state index >= 15 is 0 Å². The molecule has 0 aliphatic heterocycles. The van der Waals surface area contributed by atoms with Crippen LogP contribution in [0.4, 0.5) is 0 Å². The van der Waals surface area contributed by atoms with Gasteiger partial charge in [-0.15, -0.1) is 0 Å². The molecule has 0 aliphatic carbocycles. The summed E-state index contributed by atoms with van der Waals surface area (Å²) in [5.41, 5.74) is 2.38. The van der Waals surface area contributed by atoms with Crippen LogP contribution in [-0.4, -0.2) is 12.2 Å². The van der Waals surface area contributed by atoms with Crippen LogP contribution < -0.4 is 12.4 Å². The minimum atomic E-state index is 0. The molecule has 0 aliphatic rings. The monoisotopic (exact) mass is 520 g/mol. The maximum absolute atomic E-state index is 5.82. The van der Waals surface area contributed by atoms with E-state index in [4.69, 9.17) is 9.47 Å². The summed E-state index contributed by atoms with van der Waals surface area (Å²) >= 11 is 0. The molecule has 0 saturated heterocycles. The van der Waals surface area contributed by atoms with Gasteiger partial charge in [-0.25, -0.2) is 0 Å². The Hall–Kier alpha value is -0.415. The summed E-state index contributed by atoms with van der Waals surface area (Å²) in [5, 5.41) is 0. The van der Waals surface area contributed by atoms with E-state index in [1.807, 2.05) is 50.2 Å². The summed E-state index contributed by atoms with van der Waals surface area (Å²) in [4.78, 5) is 0. The van der Waals surface area contributed by atoms with Crippen molar-refractivity contribution < 1.29 is 49.5 Å². The average Bonchev–Trinajstić information content (AvgIpc) is 2.53. The molecule has 2 rings (SSSR count). The molecule has 2 aromatic carbocycles. The molecule has 2 nitrogen and oxygen atoms in total. The van der Waals surface area contributed by atoms with Gasteiger partial charge >= 0.3 is 27.7 Å². The Balaban J connectivity index is 0.00000242. The zero-order chi connectivity index (χ0) is 14.9. The molecule has 4 heteroatoms. The number of benzene rings is 2. The molecular weight excluding hydrogens is 496 g/mol. The van der Waals surface area contributed by atoms with Crippen molar-refractivity contribution in [2.45, 2.75) is 39.3 Å². The van der Waals surface area contributed by atoms with Gasteiger partial charge < -0.3 is 21.9 Å². The third-order valence-electron chi connectivity index (χ3n) is 3.25. The molecule has 2 radical (unpaired) electrons. The van der Waals surface area contributed by atoms with Crippen LogP contribution in [-0.2, 0) is 50.4 Å². The fourth-order valence-electron chi connectivity index (χ4n) is 2.10. The van der Waals surface area contributed by atoms with Gasteiger partial charge in [0.2, 0.25) is 0 Å². The van der Waals surface area contributed by atoms with Crippen molar-refractivity contribution in [2.24, 2.45) is 0 Å². The third kappa shape index (κ3) is 9.46. The normalized spacial score (nSPS) is 12.6. The first-order valence-corrected chi connectivity index (χ1v) is 7.40. The van der Waals surface area contributed by atoms with E-state index in [0.717, 1.165) is 0 Å². The summed E-state index contributed by atoms with van der Waals surface area (Å²) < 4.78 is 11.6. The van der Waals surface area contributed by atoms with Gasteiger partial charge in [-0.05, 0) is 25.0 Å². The first-order valence-electron chi connectivity index (χ1n) is 7.40. The van der Waals surface area contributed by atoms with E-state index < -0.39 is 0 Å². The van der Waals surface area contributed by atoms with Gasteiger partial charge in [-0.2, -0.15) is 0 Å². The number of rotatable bonds is 8. The second kappa shape index (κ2) is 12.9. The summed E-state index contributed by atoms with van der Waals surface area (Å²) in [6.07, 6.45) is 2.22. The zero-order valence-corrected chi connectivity index (χ0v) is 20.1. The Morgan fingerprint density at radius 3 is 1.43 bits per heavy atom. The molecule has 120 valence electrons. The number of halogens is 1. The van der Waals surface area contributed by atoms with Crippen LogP contribution in [0.1, 0.15) is 25.0 Å². The topological polar surface area (TPSA) is 18.5 Å². The van der Waals surface area contributed by atoms with Crippen molar-refractivity contribution in [3.05, 3.63) is 78.2 Å². The van der Waals surface area contributed by atoms with E-state index in [0.29, 0.717) is 13.2 Å². The minimum absolute atomic E-state index is 0. The summed E-state index contributed by atoms with van der Waals surface area (Å²) in [6.45, 7) is 5.35. The summed E-state index contributed by atoms with van der Waals surface area (Å²) in [6, 6.07) is 20.4. The van der Waals surface area contributed by atoms with Crippen LogP contribution in [0, 0.1) is 6.42 Å². The molecule has 0 N–H and O–H groups in total. The number of hydrogen-bond acceptors (Lipinski definition) is 2. The minimum Gasteiger partial charge on any atom is -1.00 e. The molecule has 2 atom stereocenters. The SMILES string of the molecule is C[C@@H]([CH][C@H](C)OCc1ccccc1)OCc1ccccc1.[Cl-].[Hg+]. The fourth-order valence-corrected chi connectivity index (χ4v) is 2.10. The van der Waals surface area contributed by atoms with Crippen LogP contribution in [0.5, 0.6) is 0 Å². The molecule has 0 saturated carbocycles.